The van der Waals surface area contributed by atoms with Crippen molar-refractivity contribution >= 4 is 20.3 Å². The van der Waals surface area contributed by atoms with E-state index in [1.165, 1.54) is 49.7 Å². The molecule has 0 aromatic heterocycles. The van der Waals surface area contributed by atoms with Gasteiger partial charge in [-0.25, -0.2) is 0 Å². The van der Waals surface area contributed by atoms with Gasteiger partial charge in [-0.3, -0.25) is 0 Å². The van der Waals surface area contributed by atoms with Crippen LogP contribution in [0.1, 0.15) is 80.1 Å². The molecule has 4 aromatic rings. The van der Waals surface area contributed by atoms with Crippen molar-refractivity contribution in [3.8, 4) is 11.1 Å². The zero-order chi connectivity index (χ0) is 33.5. The van der Waals surface area contributed by atoms with E-state index in [0.29, 0.717) is 22.3 Å². The van der Waals surface area contributed by atoms with E-state index in [2.05, 4.69) is 151 Å². The van der Waals surface area contributed by atoms with Crippen molar-refractivity contribution in [2.75, 3.05) is 0 Å². The van der Waals surface area contributed by atoms with Crippen LogP contribution in [0.25, 0.3) is 11.1 Å². The van der Waals surface area contributed by atoms with E-state index in [0.717, 1.165) is 5.92 Å². The van der Waals surface area contributed by atoms with E-state index in [1.54, 1.807) is 25.5 Å². The quantitative estimate of drug-likeness (QED) is 0.187. The van der Waals surface area contributed by atoms with Gasteiger partial charge >= 0.3 is 230 Å². The van der Waals surface area contributed by atoms with Crippen molar-refractivity contribution in [1.82, 2.24) is 3.80 Å². The average molecular weight is 729 g/mol. The fourth-order valence-corrected chi connectivity index (χ4v) is 39.2. The first-order valence-corrected chi connectivity index (χ1v) is 28.2. The summed E-state index contributed by atoms with van der Waals surface area (Å²) in [6.07, 6.45) is 8.65. The molecule has 0 heterocycles. The van der Waals surface area contributed by atoms with Crippen molar-refractivity contribution in [3.05, 3.63) is 142 Å². The molecule has 0 saturated heterocycles. The maximum atomic E-state index is 4.82. The molecule has 48 heavy (non-hydrogen) atoms. The standard InChI is InChI=1S/C12H11Ge.C12H20N.C12H10.C9H13.Ti/c1-3-7-11(8-4-1)13-12-9-5-2-6-10-12;1-10-3-9-4-11(2,6-10)8-12(13,5-9)7-10;1-3-7-11(8-4-1)12-9-5-2-6-10-12;1-6-5-7(2)9(4)8(6)3;/h1-10,13H;9,13H,3-8H2,1-2H3;1-10H;6H,1-4H3;/q;-1;;;+1. The van der Waals surface area contributed by atoms with Gasteiger partial charge < -0.3 is 0 Å². The van der Waals surface area contributed by atoms with Crippen LogP contribution in [0.2, 0.25) is 0 Å². The van der Waals surface area contributed by atoms with Crippen molar-refractivity contribution in [2.45, 2.75) is 85.6 Å². The Labute approximate surface area is 299 Å². The maximum Gasteiger partial charge on any atom is -0.0184 e. The molecule has 4 saturated carbocycles. The Morgan fingerprint density at radius 3 is 1.42 bits per heavy atom. The number of allylic oxidation sites excluding steroid dienone is 4. The predicted octanol–water partition coefficient (Wildman–Crippen LogP) is 10.0. The van der Waals surface area contributed by atoms with E-state index in [1.807, 2.05) is 16.0 Å². The second-order valence-electron chi connectivity index (χ2n) is 16.5. The molecular formula is C45H54GeNTi. The molecule has 0 radical (unpaired) electrons. The van der Waals surface area contributed by atoms with Gasteiger partial charge in [0.25, 0.3) is 0 Å². The van der Waals surface area contributed by atoms with Gasteiger partial charge in [0.1, 0.15) is 0 Å². The minimum atomic E-state index is -2.13. The third-order valence-electron chi connectivity index (χ3n) is 12.4. The van der Waals surface area contributed by atoms with Crippen LogP contribution in [0, 0.1) is 22.7 Å². The summed E-state index contributed by atoms with van der Waals surface area (Å²) in [7, 11) is 0. The Morgan fingerprint density at radius 2 is 1.02 bits per heavy atom. The fraction of sp³-hybridized carbons (Fsp3) is 0.378. The van der Waals surface area contributed by atoms with Crippen LogP contribution in [-0.4, -0.2) is 17.1 Å². The number of nitrogens with one attached hydrogen (secondary N) is 1. The number of rotatable bonds is 7. The second kappa shape index (κ2) is 13.7. The molecule has 247 valence electrons. The molecule has 4 aromatic carbocycles. The van der Waals surface area contributed by atoms with Gasteiger partial charge in [0.15, 0.2) is 0 Å². The summed E-state index contributed by atoms with van der Waals surface area (Å²) in [6.45, 7) is 15.1. The summed E-state index contributed by atoms with van der Waals surface area (Å²) in [5.41, 5.74) is 8.85. The summed E-state index contributed by atoms with van der Waals surface area (Å²) < 4.78 is 10.1. The molecule has 9 rings (SSSR count). The summed E-state index contributed by atoms with van der Waals surface area (Å²) in [5, 5.41) is 0. The molecule has 4 fully saturated rings. The van der Waals surface area contributed by atoms with Gasteiger partial charge in [-0.2, -0.15) is 0 Å². The SMILES string of the molecule is CC1=C(C)C(C)[C]([Ti]([NH]C23CC4CC(C)(CC(C)(C4)C2)C3)[GeH]([c]2ccccc2)[c]2ccccc2)=C1C.c1ccc(-c2ccccc2)cc1. The van der Waals surface area contributed by atoms with Crippen LogP contribution in [0.4, 0.5) is 0 Å². The minimum absolute atomic E-state index is 0.364. The van der Waals surface area contributed by atoms with Crippen LogP contribution in [0.5, 0.6) is 0 Å². The first kappa shape index (κ1) is 34.0. The number of benzene rings is 4. The van der Waals surface area contributed by atoms with Gasteiger partial charge in [0.05, 0.1) is 0 Å². The topological polar surface area (TPSA) is 12.0 Å². The van der Waals surface area contributed by atoms with Crippen LogP contribution >= 0.6 is 0 Å². The normalized spacial score (nSPS) is 28.9. The Morgan fingerprint density at radius 1 is 0.583 bits per heavy atom. The molecule has 4 bridgehead atoms. The molecule has 0 spiro atoms. The molecule has 5 aliphatic rings. The summed E-state index contributed by atoms with van der Waals surface area (Å²) in [6, 6.07) is 44.3. The van der Waals surface area contributed by atoms with Gasteiger partial charge in [-0.15, -0.1) is 0 Å². The maximum absolute atomic E-state index is 4.82. The van der Waals surface area contributed by atoms with Crippen LogP contribution in [0.15, 0.2) is 142 Å². The fourth-order valence-electron chi connectivity index (χ4n) is 11.0. The Balaban J connectivity index is 0.000000255. The number of hydrogen-bond acceptors (Lipinski definition) is 1. The average Bonchev–Trinajstić information content (AvgIpc) is 3.26. The molecule has 0 aliphatic heterocycles. The van der Waals surface area contributed by atoms with E-state index in [4.69, 9.17) is 3.80 Å². The summed E-state index contributed by atoms with van der Waals surface area (Å²) >= 11 is -4.01. The Kier molecular flexibility index (Phi) is 9.72. The molecule has 3 unspecified atom stereocenters. The molecule has 3 atom stereocenters. The van der Waals surface area contributed by atoms with Gasteiger partial charge in [-0.1, -0.05) is 60.7 Å². The first-order chi connectivity index (χ1) is 23.1. The van der Waals surface area contributed by atoms with Gasteiger partial charge in [0.2, 0.25) is 0 Å². The van der Waals surface area contributed by atoms with E-state index in [9.17, 15) is 0 Å². The van der Waals surface area contributed by atoms with Crippen molar-refractivity contribution in [1.29, 1.82) is 0 Å². The third kappa shape index (κ3) is 6.83. The summed E-state index contributed by atoms with van der Waals surface area (Å²) in [5.74, 6) is 1.54. The largest absolute Gasteiger partial charge is 0.0622 e. The second-order valence-corrected chi connectivity index (χ2v) is 33.3. The zero-order valence-corrected chi connectivity index (χ0v) is 34.0. The smallest absolute Gasteiger partial charge is 0.0184 e. The summed E-state index contributed by atoms with van der Waals surface area (Å²) in [4.78, 5) is 0. The van der Waals surface area contributed by atoms with Crippen molar-refractivity contribution < 1.29 is 15.9 Å². The van der Waals surface area contributed by atoms with Crippen LogP contribution in [-0.2, 0) is 15.9 Å². The zero-order valence-electron chi connectivity index (χ0n) is 30.0. The van der Waals surface area contributed by atoms with Gasteiger partial charge in [0, 0.05) is 0 Å². The number of hydrogen-bond donors (Lipinski definition) is 1. The van der Waals surface area contributed by atoms with Crippen molar-refractivity contribution in [2.24, 2.45) is 22.7 Å². The molecule has 0 amide bonds. The Bertz CT molecular complexity index is 1690. The third-order valence-corrected chi connectivity index (χ3v) is 35.5. The van der Waals surface area contributed by atoms with Crippen LogP contribution in [0.3, 0.4) is 0 Å². The predicted molar refractivity (Wildman–Crippen MR) is 205 cm³/mol. The Hall–Kier alpha value is -2.42. The van der Waals surface area contributed by atoms with Crippen LogP contribution < -0.4 is 12.6 Å². The molecule has 1 N–H and O–H groups in total. The first-order valence-electron chi connectivity index (χ1n) is 18.3. The van der Waals surface area contributed by atoms with E-state index >= 15 is 0 Å². The molecule has 5 aliphatic carbocycles. The van der Waals surface area contributed by atoms with E-state index < -0.39 is 27.4 Å². The molecule has 1 nitrogen and oxygen atoms in total. The molecular weight excluding hydrogens is 675 g/mol. The minimum Gasteiger partial charge on any atom is -0.0622 e. The molecule has 3 heteroatoms. The van der Waals surface area contributed by atoms with Crippen molar-refractivity contribution in [3.63, 3.8) is 0 Å². The van der Waals surface area contributed by atoms with E-state index in [-0.39, 0.29) is 0 Å². The van der Waals surface area contributed by atoms with Gasteiger partial charge in [-0.05, 0) is 11.1 Å². The monoisotopic (exact) mass is 730 g/mol.